The second-order valence-electron chi connectivity index (χ2n) is 2.98. The molecule has 3 nitrogen and oxygen atoms in total. The number of benzene rings is 1. The first-order valence-electron chi connectivity index (χ1n) is 4.37. The van der Waals surface area contributed by atoms with Gasteiger partial charge in [-0.3, -0.25) is 4.98 Å². The number of nitrogens with zero attached hydrogens (tertiary/aromatic N) is 2. The summed E-state index contributed by atoms with van der Waals surface area (Å²) in [5.74, 6) is 0.387. The van der Waals surface area contributed by atoms with Crippen LogP contribution in [0.25, 0.3) is 10.9 Å². The SMILES string of the molecule is O=C=Nc1ccc(CCl)c2ncccc12. The number of rotatable bonds is 2. The first-order valence-corrected chi connectivity index (χ1v) is 4.90. The quantitative estimate of drug-likeness (QED) is 0.442. The van der Waals surface area contributed by atoms with Crippen molar-refractivity contribution in [1.29, 1.82) is 0 Å². The molecular formula is C11H7ClN2O. The van der Waals surface area contributed by atoms with E-state index in [0.29, 0.717) is 11.6 Å². The first kappa shape index (κ1) is 9.84. The van der Waals surface area contributed by atoms with E-state index < -0.39 is 0 Å². The van der Waals surface area contributed by atoms with E-state index in [-0.39, 0.29) is 0 Å². The van der Waals surface area contributed by atoms with Gasteiger partial charge in [-0.1, -0.05) is 6.07 Å². The fourth-order valence-corrected chi connectivity index (χ4v) is 1.69. The van der Waals surface area contributed by atoms with Crippen LogP contribution in [-0.4, -0.2) is 11.1 Å². The van der Waals surface area contributed by atoms with Crippen LogP contribution in [0.3, 0.4) is 0 Å². The van der Waals surface area contributed by atoms with Crippen molar-refractivity contribution in [1.82, 2.24) is 4.98 Å². The number of aromatic nitrogens is 1. The van der Waals surface area contributed by atoms with Crippen LogP contribution in [0.5, 0.6) is 0 Å². The van der Waals surface area contributed by atoms with Crippen molar-refractivity contribution in [2.75, 3.05) is 0 Å². The van der Waals surface area contributed by atoms with Gasteiger partial charge in [0.05, 0.1) is 11.2 Å². The largest absolute Gasteiger partial charge is 0.256 e. The molecule has 0 atom stereocenters. The molecule has 0 saturated carbocycles. The topological polar surface area (TPSA) is 42.3 Å². The molecule has 0 radical (unpaired) electrons. The fraction of sp³-hybridized carbons (Fsp3) is 0.0909. The van der Waals surface area contributed by atoms with Crippen LogP contribution in [0.15, 0.2) is 35.5 Å². The molecule has 0 unspecified atom stereocenters. The van der Waals surface area contributed by atoms with Crippen LogP contribution in [0.4, 0.5) is 5.69 Å². The number of aliphatic imine (C=N–C) groups is 1. The van der Waals surface area contributed by atoms with E-state index in [9.17, 15) is 4.79 Å². The summed E-state index contributed by atoms with van der Waals surface area (Å²) in [5, 5.41) is 0.819. The lowest BCUT2D eigenvalue weighted by molar-refractivity contribution is 0.565. The molecule has 2 rings (SSSR count). The van der Waals surface area contributed by atoms with Crippen LogP contribution in [-0.2, 0) is 10.7 Å². The van der Waals surface area contributed by atoms with Gasteiger partial charge >= 0.3 is 0 Å². The molecule has 0 fully saturated rings. The summed E-state index contributed by atoms with van der Waals surface area (Å²) in [6, 6.07) is 7.21. The lowest BCUT2D eigenvalue weighted by atomic mass is 10.1. The standard InChI is InChI=1S/C11H7ClN2O/c12-6-8-3-4-10(14-7-15)9-2-1-5-13-11(8)9/h1-5H,6H2. The van der Waals surface area contributed by atoms with Gasteiger partial charge in [0.1, 0.15) is 0 Å². The minimum Gasteiger partial charge on any atom is -0.256 e. The maximum absolute atomic E-state index is 10.2. The Morgan fingerprint density at radius 3 is 3.00 bits per heavy atom. The number of alkyl halides is 1. The van der Waals surface area contributed by atoms with Crippen molar-refractivity contribution in [3.05, 3.63) is 36.0 Å². The predicted octanol–water partition coefficient (Wildman–Crippen LogP) is 2.94. The number of fused-ring (bicyclic) bond motifs is 1. The molecule has 0 aliphatic heterocycles. The zero-order valence-corrected chi connectivity index (χ0v) is 8.53. The van der Waals surface area contributed by atoms with Gasteiger partial charge < -0.3 is 0 Å². The Morgan fingerprint density at radius 2 is 2.27 bits per heavy atom. The smallest absolute Gasteiger partial charge is 0.240 e. The molecule has 0 aliphatic rings. The lowest BCUT2D eigenvalue weighted by Gasteiger charge is -2.03. The number of carbonyl (C=O) groups excluding carboxylic acids is 1. The summed E-state index contributed by atoms with van der Waals surface area (Å²) in [4.78, 5) is 18.1. The number of isocyanates is 1. The highest BCUT2D eigenvalue weighted by atomic mass is 35.5. The lowest BCUT2D eigenvalue weighted by Crippen LogP contribution is -1.85. The van der Waals surface area contributed by atoms with Gasteiger partial charge in [0.15, 0.2) is 0 Å². The molecule has 15 heavy (non-hydrogen) atoms. The Morgan fingerprint density at radius 1 is 1.40 bits per heavy atom. The Hall–Kier alpha value is -1.70. The first-order chi connectivity index (χ1) is 7.36. The number of pyridine rings is 1. The van der Waals surface area contributed by atoms with E-state index in [4.69, 9.17) is 11.6 Å². The molecule has 0 N–H and O–H groups in total. The molecule has 1 aromatic heterocycles. The van der Waals surface area contributed by atoms with Gasteiger partial charge in [0, 0.05) is 17.5 Å². The van der Waals surface area contributed by atoms with Crippen molar-refractivity contribution < 1.29 is 4.79 Å². The Labute approximate surface area is 91.4 Å². The predicted molar refractivity (Wildman–Crippen MR) is 59.1 cm³/mol. The molecule has 0 aliphatic carbocycles. The van der Waals surface area contributed by atoms with E-state index >= 15 is 0 Å². The van der Waals surface area contributed by atoms with Crippen molar-refractivity contribution in [2.24, 2.45) is 4.99 Å². The Kier molecular flexibility index (Phi) is 2.77. The molecule has 4 heteroatoms. The summed E-state index contributed by atoms with van der Waals surface area (Å²) in [6.07, 6.45) is 3.22. The van der Waals surface area contributed by atoms with Gasteiger partial charge in [0.25, 0.3) is 0 Å². The monoisotopic (exact) mass is 218 g/mol. The maximum Gasteiger partial charge on any atom is 0.240 e. The average molecular weight is 219 g/mol. The van der Waals surface area contributed by atoms with E-state index in [1.165, 1.54) is 6.08 Å². The summed E-state index contributed by atoms with van der Waals surface area (Å²) in [7, 11) is 0. The van der Waals surface area contributed by atoms with Gasteiger partial charge in [-0.25, -0.2) is 4.79 Å². The Balaban J connectivity index is 2.82. The molecule has 1 heterocycles. The highest BCUT2D eigenvalue weighted by Gasteiger charge is 2.04. The van der Waals surface area contributed by atoms with Crippen LogP contribution in [0.1, 0.15) is 5.56 Å². The summed E-state index contributed by atoms with van der Waals surface area (Å²) < 4.78 is 0. The molecular weight excluding hydrogens is 212 g/mol. The van der Waals surface area contributed by atoms with Crippen LogP contribution in [0, 0.1) is 0 Å². The van der Waals surface area contributed by atoms with Gasteiger partial charge in [0.2, 0.25) is 6.08 Å². The van der Waals surface area contributed by atoms with Crippen LogP contribution >= 0.6 is 11.6 Å². The van der Waals surface area contributed by atoms with Gasteiger partial charge in [-0.2, -0.15) is 4.99 Å². The normalized spacial score (nSPS) is 9.93. The summed E-state index contributed by atoms with van der Waals surface area (Å²) >= 11 is 5.79. The number of halogens is 1. The highest BCUT2D eigenvalue weighted by Crippen LogP contribution is 2.27. The zero-order chi connectivity index (χ0) is 10.7. The van der Waals surface area contributed by atoms with Crippen molar-refractivity contribution >= 4 is 34.3 Å². The second kappa shape index (κ2) is 4.22. The molecule has 0 amide bonds. The third-order valence-electron chi connectivity index (χ3n) is 2.14. The summed E-state index contributed by atoms with van der Waals surface area (Å²) in [5.41, 5.74) is 2.28. The molecule has 0 spiro atoms. The van der Waals surface area contributed by atoms with Crippen LogP contribution in [0.2, 0.25) is 0 Å². The minimum atomic E-state index is 0.387. The van der Waals surface area contributed by atoms with Crippen molar-refractivity contribution in [3.8, 4) is 0 Å². The summed E-state index contributed by atoms with van der Waals surface area (Å²) in [6.45, 7) is 0. The minimum absolute atomic E-state index is 0.387. The van der Waals surface area contributed by atoms with E-state index in [2.05, 4.69) is 9.98 Å². The maximum atomic E-state index is 10.2. The Bertz CT molecular complexity index is 547. The number of hydrogen-bond donors (Lipinski definition) is 0. The molecule has 74 valence electrons. The fourth-order valence-electron chi connectivity index (χ4n) is 1.47. The van der Waals surface area contributed by atoms with E-state index in [0.717, 1.165) is 16.5 Å². The highest BCUT2D eigenvalue weighted by molar-refractivity contribution is 6.18. The van der Waals surface area contributed by atoms with Crippen molar-refractivity contribution in [3.63, 3.8) is 0 Å². The van der Waals surface area contributed by atoms with E-state index in [1.54, 1.807) is 18.3 Å². The molecule has 0 saturated heterocycles. The van der Waals surface area contributed by atoms with Crippen molar-refractivity contribution in [2.45, 2.75) is 5.88 Å². The molecule has 2 aromatic rings. The number of hydrogen-bond acceptors (Lipinski definition) is 3. The van der Waals surface area contributed by atoms with Gasteiger partial charge in [-0.15, -0.1) is 11.6 Å². The second-order valence-corrected chi connectivity index (χ2v) is 3.25. The third-order valence-corrected chi connectivity index (χ3v) is 2.43. The average Bonchev–Trinajstić information content (AvgIpc) is 2.30. The zero-order valence-electron chi connectivity index (χ0n) is 7.77. The van der Waals surface area contributed by atoms with Gasteiger partial charge in [-0.05, 0) is 23.8 Å². The van der Waals surface area contributed by atoms with Crippen LogP contribution < -0.4 is 0 Å². The van der Waals surface area contributed by atoms with E-state index in [1.807, 2.05) is 12.1 Å². The third kappa shape index (κ3) is 1.75. The molecule has 0 bridgehead atoms. The molecule has 1 aromatic carbocycles.